The summed E-state index contributed by atoms with van der Waals surface area (Å²) in [5, 5.41) is 18.6. The Bertz CT molecular complexity index is 1250. The molecule has 0 amide bonds. The third kappa shape index (κ3) is 3.57. The molecule has 0 spiro atoms. The van der Waals surface area contributed by atoms with Gasteiger partial charge < -0.3 is 4.57 Å². The Hall–Kier alpha value is -3.30. The van der Waals surface area contributed by atoms with Gasteiger partial charge in [-0.25, -0.2) is 9.97 Å². The maximum absolute atomic E-state index is 9.34. The fourth-order valence-electron chi connectivity index (χ4n) is 3.46. The summed E-state index contributed by atoms with van der Waals surface area (Å²) in [7, 11) is 0. The minimum Gasteiger partial charge on any atom is -0.307 e. The van der Waals surface area contributed by atoms with Gasteiger partial charge in [-0.3, -0.25) is 0 Å². The molecule has 0 N–H and O–H groups in total. The van der Waals surface area contributed by atoms with E-state index in [9.17, 15) is 5.26 Å². The van der Waals surface area contributed by atoms with Crippen molar-refractivity contribution in [3.05, 3.63) is 69.8 Å². The number of hydrogen-bond acceptors (Lipinski definition) is 5. The average molecular weight is 403 g/mol. The van der Waals surface area contributed by atoms with Crippen LogP contribution in [-0.2, 0) is 13.0 Å². The smallest absolute Gasteiger partial charge is 0.160 e. The van der Waals surface area contributed by atoms with E-state index in [0.717, 1.165) is 40.4 Å². The molecule has 0 aliphatic heterocycles. The quantitative estimate of drug-likeness (QED) is 0.496. The molecule has 1 aromatic carbocycles. The Kier molecular flexibility index (Phi) is 4.99. The third-order valence-electron chi connectivity index (χ3n) is 4.84. The van der Waals surface area contributed by atoms with Crippen LogP contribution in [0.3, 0.4) is 0 Å². The number of aryl methyl sites for hydroxylation is 3. The number of rotatable bonds is 4. The standard InChI is InChI=1S/C22H19ClN6/c1-4-20-26-21-13(2)9-14(3)25-22(21)29(20)12-17-7-8-19(28-27-17)18-10-16(23)6-5-15(18)11-24/h5-10H,4,12H2,1-3H3. The second kappa shape index (κ2) is 7.61. The highest BCUT2D eigenvalue weighted by molar-refractivity contribution is 6.30. The van der Waals surface area contributed by atoms with Gasteiger partial charge in [0.25, 0.3) is 0 Å². The summed E-state index contributed by atoms with van der Waals surface area (Å²) < 4.78 is 2.10. The van der Waals surface area contributed by atoms with Crippen molar-refractivity contribution in [2.45, 2.75) is 33.7 Å². The van der Waals surface area contributed by atoms with E-state index >= 15 is 0 Å². The molecule has 0 bridgehead atoms. The number of nitrogens with zero attached hydrogens (tertiary/aromatic N) is 6. The number of pyridine rings is 1. The number of hydrogen-bond donors (Lipinski definition) is 0. The Balaban J connectivity index is 1.72. The van der Waals surface area contributed by atoms with Gasteiger partial charge in [0.1, 0.15) is 11.3 Å². The van der Waals surface area contributed by atoms with E-state index in [-0.39, 0.29) is 0 Å². The summed E-state index contributed by atoms with van der Waals surface area (Å²) in [5.74, 6) is 0.966. The molecule has 0 fully saturated rings. The normalized spacial score (nSPS) is 11.0. The van der Waals surface area contributed by atoms with Crippen LogP contribution in [0.4, 0.5) is 0 Å². The first-order valence-electron chi connectivity index (χ1n) is 9.36. The molecule has 0 aliphatic carbocycles. The first-order valence-corrected chi connectivity index (χ1v) is 9.74. The van der Waals surface area contributed by atoms with Crippen molar-refractivity contribution >= 4 is 22.8 Å². The van der Waals surface area contributed by atoms with Gasteiger partial charge >= 0.3 is 0 Å². The molecule has 0 unspecified atom stereocenters. The van der Waals surface area contributed by atoms with Crippen LogP contribution < -0.4 is 0 Å². The topological polar surface area (TPSA) is 80.3 Å². The van der Waals surface area contributed by atoms with Crippen LogP contribution in [0.5, 0.6) is 0 Å². The zero-order valence-corrected chi connectivity index (χ0v) is 17.2. The SMILES string of the molecule is CCc1nc2c(C)cc(C)nc2n1Cc1ccc(-c2cc(Cl)ccc2C#N)nn1. The Morgan fingerprint density at radius 2 is 1.90 bits per heavy atom. The first-order chi connectivity index (χ1) is 14.0. The molecule has 0 saturated heterocycles. The fourth-order valence-corrected chi connectivity index (χ4v) is 3.63. The van der Waals surface area contributed by atoms with Gasteiger partial charge in [-0.15, -0.1) is 0 Å². The van der Waals surface area contributed by atoms with Crippen molar-refractivity contribution in [1.29, 1.82) is 5.26 Å². The minimum atomic E-state index is 0.514. The van der Waals surface area contributed by atoms with Gasteiger partial charge in [-0.05, 0) is 55.8 Å². The zero-order valence-electron chi connectivity index (χ0n) is 16.4. The van der Waals surface area contributed by atoms with Crippen molar-refractivity contribution < 1.29 is 0 Å². The Morgan fingerprint density at radius 3 is 2.59 bits per heavy atom. The lowest BCUT2D eigenvalue weighted by molar-refractivity contribution is 0.717. The minimum absolute atomic E-state index is 0.514. The van der Waals surface area contributed by atoms with Crippen molar-refractivity contribution in [2.24, 2.45) is 0 Å². The van der Waals surface area contributed by atoms with E-state index in [1.165, 1.54) is 0 Å². The van der Waals surface area contributed by atoms with E-state index in [1.807, 2.05) is 25.1 Å². The number of benzene rings is 1. The van der Waals surface area contributed by atoms with Crippen LogP contribution in [0.15, 0.2) is 36.4 Å². The third-order valence-corrected chi connectivity index (χ3v) is 5.07. The van der Waals surface area contributed by atoms with Crippen molar-refractivity contribution in [1.82, 2.24) is 24.7 Å². The van der Waals surface area contributed by atoms with Crippen LogP contribution in [0.1, 0.15) is 35.3 Å². The number of imidazole rings is 1. The molecule has 7 heteroatoms. The molecule has 3 heterocycles. The largest absolute Gasteiger partial charge is 0.307 e. The molecule has 4 rings (SSSR count). The van der Waals surface area contributed by atoms with Crippen LogP contribution in [0.2, 0.25) is 5.02 Å². The number of aromatic nitrogens is 5. The monoisotopic (exact) mass is 402 g/mol. The molecule has 0 atom stereocenters. The number of halogens is 1. The molecule has 3 aromatic heterocycles. The Labute approximate surface area is 173 Å². The highest BCUT2D eigenvalue weighted by Gasteiger charge is 2.15. The average Bonchev–Trinajstić information content (AvgIpc) is 3.06. The maximum Gasteiger partial charge on any atom is 0.160 e. The lowest BCUT2D eigenvalue weighted by Crippen LogP contribution is -2.08. The lowest BCUT2D eigenvalue weighted by atomic mass is 10.1. The van der Waals surface area contributed by atoms with E-state index in [4.69, 9.17) is 21.6 Å². The van der Waals surface area contributed by atoms with Crippen molar-refractivity contribution in [2.75, 3.05) is 0 Å². The molecule has 0 saturated carbocycles. The van der Waals surface area contributed by atoms with Crippen LogP contribution in [0.25, 0.3) is 22.4 Å². The fraction of sp³-hybridized carbons (Fsp3) is 0.227. The second-order valence-electron chi connectivity index (χ2n) is 6.93. The Morgan fingerprint density at radius 1 is 1.07 bits per heavy atom. The molecule has 0 radical (unpaired) electrons. The summed E-state index contributed by atoms with van der Waals surface area (Å²) in [5.41, 5.74) is 6.47. The van der Waals surface area contributed by atoms with E-state index in [0.29, 0.717) is 28.4 Å². The lowest BCUT2D eigenvalue weighted by Gasteiger charge is -2.09. The van der Waals surface area contributed by atoms with Crippen LogP contribution in [-0.4, -0.2) is 24.7 Å². The van der Waals surface area contributed by atoms with Gasteiger partial charge in [-0.1, -0.05) is 18.5 Å². The van der Waals surface area contributed by atoms with Gasteiger partial charge in [-0.2, -0.15) is 15.5 Å². The highest BCUT2D eigenvalue weighted by atomic mass is 35.5. The molecule has 6 nitrogen and oxygen atoms in total. The summed E-state index contributed by atoms with van der Waals surface area (Å²) >= 11 is 6.09. The predicted molar refractivity (Wildman–Crippen MR) is 113 cm³/mol. The summed E-state index contributed by atoms with van der Waals surface area (Å²) in [6.45, 7) is 6.66. The van der Waals surface area contributed by atoms with E-state index in [1.54, 1.807) is 18.2 Å². The van der Waals surface area contributed by atoms with Crippen LogP contribution in [0, 0.1) is 25.2 Å². The first kappa shape index (κ1) is 19.0. The molecule has 29 heavy (non-hydrogen) atoms. The van der Waals surface area contributed by atoms with Gasteiger partial charge in [0.15, 0.2) is 5.65 Å². The van der Waals surface area contributed by atoms with E-state index in [2.05, 4.69) is 34.7 Å². The molecule has 4 aromatic rings. The molecule has 0 aliphatic rings. The van der Waals surface area contributed by atoms with Gasteiger partial charge in [0.2, 0.25) is 0 Å². The summed E-state index contributed by atoms with van der Waals surface area (Å²) in [6.07, 6.45) is 0.800. The van der Waals surface area contributed by atoms with E-state index < -0.39 is 0 Å². The zero-order chi connectivity index (χ0) is 20.5. The van der Waals surface area contributed by atoms with Crippen LogP contribution >= 0.6 is 11.6 Å². The number of fused-ring (bicyclic) bond motifs is 1. The summed E-state index contributed by atoms with van der Waals surface area (Å²) in [6, 6.07) is 13.1. The molecule has 144 valence electrons. The van der Waals surface area contributed by atoms with Crippen molar-refractivity contribution in [3.63, 3.8) is 0 Å². The molecular formula is C22H19ClN6. The summed E-state index contributed by atoms with van der Waals surface area (Å²) in [4.78, 5) is 9.47. The van der Waals surface area contributed by atoms with Gasteiger partial charge in [0, 0.05) is 22.7 Å². The second-order valence-corrected chi connectivity index (χ2v) is 7.37. The molecular weight excluding hydrogens is 384 g/mol. The number of nitriles is 1. The predicted octanol–water partition coefficient (Wildman–Crippen LogP) is 4.64. The maximum atomic E-state index is 9.34. The van der Waals surface area contributed by atoms with Gasteiger partial charge in [0.05, 0.1) is 29.6 Å². The highest BCUT2D eigenvalue weighted by Crippen LogP contribution is 2.25. The van der Waals surface area contributed by atoms with Crippen molar-refractivity contribution in [3.8, 4) is 17.3 Å².